The van der Waals surface area contributed by atoms with Crippen molar-refractivity contribution in [2.45, 2.75) is 31.8 Å². The average molecular weight is 386 g/mol. The molecule has 1 aliphatic heterocycles. The number of benzene rings is 2. The number of nitrogens with one attached hydrogen (secondary N) is 1. The summed E-state index contributed by atoms with van der Waals surface area (Å²) in [7, 11) is 1.63. The van der Waals surface area contributed by atoms with Crippen LogP contribution in [-0.2, 0) is 11.2 Å². The number of carbonyl (C=O) groups excluding carboxylic acids is 1. The van der Waals surface area contributed by atoms with Gasteiger partial charge in [0, 0.05) is 6.54 Å². The summed E-state index contributed by atoms with van der Waals surface area (Å²) in [6.45, 7) is 5.41. The second kappa shape index (κ2) is 8.61. The van der Waals surface area contributed by atoms with Gasteiger partial charge in [0.2, 0.25) is 0 Å². The molecule has 6 heteroatoms. The molecule has 2 amide bonds. The summed E-state index contributed by atoms with van der Waals surface area (Å²) in [4.78, 5) is 14.9. The number of ether oxygens (including phenoxy) is 2. The third kappa shape index (κ3) is 4.62. The number of amides is 2. The van der Waals surface area contributed by atoms with Gasteiger partial charge >= 0.3 is 6.03 Å². The van der Waals surface area contributed by atoms with E-state index in [1.165, 1.54) is 12.1 Å². The SMILES string of the molecule is COc1ccc(C2COCC(C)(C)N2C(=O)NCCc2ccc(F)cc2)cc1. The number of hydrogen-bond donors (Lipinski definition) is 1. The molecule has 28 heavy (non-hydrogen) atoms. The molecule has 2 aromatic rings. The lowest BCUT2D eigenvalue weighted by Crippen LogP contribution is -2.59. The molecule has 1 saturated heterocycles. The molecule has 1 fully saturated rings. The molecule has 1 aliphatic rings. The highest BCUT2D eigenvalue weighted by Crippen LogP contribution is 2.34. The summed E-state index contributed by atoms with van der Waals surface area (Å²) in [6.07, 6.45) is 0.643. The topological polar surface area (TPSA) is 50.8 Å². The summed E-state index contributed by atoms with van der Waals surface area (Å²) >= 11 is 0. The Labute approximate surface area is 165 Å². The Hall–Kier alpha value is -2.60. The van der Waals surface area contributed by atoms with E-state index in [1.807, 2.05) is 43.0 Å². The van der Waals surface area contributed by atoms with Crippen LogP contribution in [0.3, 0.4) is 0 Å². The minimum Gasteiger partial charge on any atom is -0.497 e. The lowest BCUT2D eigenvalue weighted by atomic mass is 9.95. The highest BCUT2D eigenvalue weighted by molar-refractivity contribution is 5.76. The van der Waals surface area contributed by atoms with Gasteiger partial charge in [0.1, 0.15) is 11.6 Å². The van der Waals surface area contributed by atoms with Crippen LogP contribution in [0.4, 0.5) is 9.18 Å². The first-order chi connectivity index (χ1) is 13.4. The quantitative estimate of drug-likeness (QED) is 0.847. The third-order valence-corrected chi connectivity index (χ3v) is 5.02. The van der Waals surface area contributed by atoms with E-state index >= 15 is 0 Å². The standard InChI is InChI=1S/C22H27FN2O3/c1-22(2)15-28-14-20(17-6-10-19(27-3)11-7-17)25(22)21(26)24-13-12-16-4-8-18(23)9-5-16/h4-11,20H,12-15H2,1-3H3,(H,24,26). The van der Waals surface area contributed by atoms with Gasteiger partial charge in [0.05, 0.1) is 31.9 Å². The number of urea groups is 1. The van der Waals surface area contributed by atoms with Gasteiger partial charge in [-0.3, -0.25) is 0 Å². The van der Waals surface area contributed by atoms with E-state index in [9.17, 15) is 9.18 Å². The molecule has 150 valence electrons. The fraction of sp³-hybridized carbons (Fsp3) is 0.409. The minimum atomic E-state index is -0.442. The summed E-state index contributed by atoms with van der Waals surface area (Å²) in [5.41, 5.74) is 1.54. The van der Waals surface area contributed by atoms with Crippen LogP contribution in [0.15, 0.2) is 48.5 Å². The van der Waals surface area contributed by atoms with Crippen LogP contribution in [-0.4, -0.2) is 43.3 Å². The Morgan fingerprint density at radius 2 is 1.89 bits per heavy atom. The monoisotopic (exact) mass is 386 g/mol. The Morgan fingerprint density at radius 3 is 2.54 bits per heavy atom. The molecule has 1 N–H and O–H groups in total. The Bertz CT molecular complexity index is 790. The predicted molar refractivity (Wildman–Crippen MR) is 106 cm³/mol. The van der Waals surface area contributed by atoms with E-state index in [1.54, 1.807) is 19.2 Å². The molecule has 0 spiro atoms. The number of rotatable bonds is 5. The van der Waals surface area contributed by atoms with Crippen molar-refractivity contribution in [1.82, 2.24) is 10.2 Å². The molecule has 0 saturated carbocycles. The Balaban J connectivity index is 1.70. The van der Waals surface area contributed by atoms with Gasteiger partial charge in [-0.2, -0.15) is 0 Å². The van der Waals surface area contributed by atoms with Crippen molar-refractivity contribution < 1.29 is 18.7 Å². The number of morpholine rings is 1. The molecule has 0 bridgehead atoms. The Morgan fingerprint density at radius 1 is 1.21 bits per heavy atom. The van der Waals surface area contributed by atoms with E-state index in [2.05, 4.69) is 5.32 Å². The van der Waals surface area contributed by atoms with Crippen molar-refractivity contribution in [2.75, 3.05) is 26.9 Å². The lowest BCUT2D eigenvalue weighted by molar-refractivity contribution is -0.0656. The maximum atomic E-state index is 13.0. The molecule has 0 radical (unpaired) electrons. The predicted octanol–water partition coefficient (Wildman–Crippen LogP) is 3.94. The zero-order chi connectivity index (χ0) is 20.1. The minimum absolute atomic E-state index is 0.128. The lowest BCUT2D eigenvalue weighted by Gasteiger charge is -2.47. The van der Waals surface area contributed by atoms with Crippen molar-refractivity contribution >= 4 is 6.03 Å². The Kier molecular flexibility index (Phi) is 6.19. The summed E-state index contributed by atoms with van der Waals surface area (Å²) in [5, 5.41) is 3.01. The van der Waals surface area contributed by atoms with Crippen molar-refractivity contribution in [3.8, 4) is 5.75 Å². The first kappa shape index (κ1) is 20.1. The first-order valence-corrected chi connectivity index (χ1v) is 9.44. The largest absolute Gasteiger partial charge is 0.497 e. The molecule has 1 atom stereocenters. The summed E-state index contributed by atoms with van der Waals surface area (Å²) < 4.78 is 24.0. The van der Waals surface area contributed by atoms with Gasteiger partial charge in [-0.15, -0.1) is 0 Å². The van der Waals surface area contributed by atoms with E-state index < -0.39 is 5.54 Å². The van der Waals surface area contributed by atoms with Crippen LogP contribution >= 0.6 is 0 Å². The molecule has 0 aliphatic carbocycles. The van der Waals surface area contributed by atoms with E-state index in [0.29, 0.717) is 26.2 Å². The van der Waals surface area contributed by atoms with Gasteiger partial charge < -0.3 is 19.7 Å². The van der Waals surface area contributed by atoms with Crippen LogP contribution in [0.2, 0.25) is 0 Å². The van der Waals surface area contributed by atoms with Crippen molar-refractivity contribution in [1.29, 1.82) is 0 Å². The highest BCUT2D eigenvalue weighted by atomic mass is 19.1. The molecule has 3 rings (SSSR count). The second-order valence-corrected chi connectivity index (χ2v) is 7.59. The van der Waals surface area contributed by atoms with Crippen molar-refractivity contribution in [2.24, 2.45) is 0 Å². The maximum Gasteiger partial charge on any atom is 0.318 e. The van der Waals surface area contributed by atoms with E-state index in [0.717, 1.165) is 16.9 Å². The number of halogens is 1. The smallest absolute Gasteiger partial charge is 0.318 e. The van der Waals surface area contributed by atoms with Gasteiger partial charge in [-0.05, 0) is 55.7 Å². The number of hydrogen-bond acceptors (Lipinski definition) is 3. The van der Waals surface area contributed by atoms with E-state index in [-0.39, 0.29) is 17.9 Å². The number of carbonyl (C=O) groups is 1. The maximum absolute atomic E-state index is 13.0. The van der Waals surface area contributed by atoms with Crippen LogP contribution in [0.5, 0.6) is 5.75 Å². The molecule has 1 heterocycles. The molecule has 5 nitrogen and oxygen atoms in total. The molecular weight excluding hydrogens is 359 g/mol. The van der Waals surface area contributed by atoms with Gasteiger partial charge in [-0.1, -0.05) is 24.3 Å². The fourth-order valence-corrected chi connectivity index (χ4v) is 3.52. The fourth-order valence-electron chi connectivity index (χ4n) is 3.52. The second-order valence-electron chi connectivity index (χ2n) is 7.59. The van der Waals surface area contributed by atoms with Crippen molar-refractivity contribution in [3.05, 3.63) is 65.5 Å². The molecule has 0 aromatic heterocycles. The van der Waals surface area contributed by atoms with Crippen LogP contribution in [0.1, 0.15) is 31.0 Å². The number of methoxy groups -OCH3 is 1. The molecular formula is C22H27FN2O3. The van der Waals surface area contributed by atoms with Gasteiger partial charge in [0.25, 0.3) is 0 Å². The first-order valence-electron chi connectivity index (χ1n) is 9.44. The number of nitrogens with zero attached hydrogens (tertiary/aromatic N) is 1. The van der Waals surface area contributed by atoms with Crippen LogP contribution in [0, 0.1) is 5.82 Å². The average Bonchev–Trinajstić information content (AvgIpc) is 2.68. The zero-order valence-corrected chi connectivity index (χ0v) is 16.6. The zero-order valence-electron chi connectivity index (χ0n) is 16.6. The molecule has 1 unspecified atom stereocenters. The highest BCUT2D eigenvalue weighted by Gasteiger charge is 2.41. The normalized spacial score (nSPS) is 18.6. The van der Waals surface area contributed by atoms with Crippen LogP contribution < -0.4 is 10.1 Å². The molecule has 2 aromatic carbocycles. The third-order valence-electron chi connectivity index (χ3n) is 5.02. The van der Waals surface area contributed by atoms with Gasteiger partial charge in [0.15, 0.2) is 0 Å². The summed E-state index contributed by atoms with van der Waals surface area (Å²) in [5.74, 6) is 0.514. The van der Waals surface area contributed by atoms with E-state index in [4.69, 9.17) is 9.47 Å². The summed E-state index contributed by atoms with van der Waals surface area (Å²) in [6, 6.07) is 13.7. The van der Waals surface area contributed by atoms with Crippen molar-refractivity contribution in [3.63, 3.8) is 0 Å². The van der Waals surface area contributed by atoms with Crippen LogP contribution in [0.25, 0.3) is 0 Å². The van der Waals surface area contributed by atoms with Gasteiger partial charge in [-0.25, -0.2) is 9.18 Å².